The van der Waals surface area contributed by atoms with Crippen LogP contribution in [-0.4, -0.2) is 49.6 Å². The standard InChI is InChI=1S/C11H18N2O4S/c1-17-8-9-2-3-13(6-9)18(15,16)11-4-10(7-14)12-5-11/h4-5,9,12,14H,2-3,6-8H2,1H3. The number of aliphatic hydroxyl groups excluding tert-OH is 1. The van der Waals surface area contributed by atoms with Crippen molar-refractivity contribution in [3.8, 4) is 0 Å². The van der Waals surface area contributed by atoms with E-state index in [0.717, 1.165) is 6.42 Å². The molecule has 0 amide bonds. The number of ether oxygens (including phenoxy) is 1. The summed E-state index contributed by atoms with van der Waals surface area (Å²) in [6.45, 7) is 1.41. The highest BCUT2D eigenvalue weighted by molar-refractivity contribution is 7.89. The van der Waals surface area contributed by atoms with Crippen molar-refractivity contribution in [1.82, 2.24) is 9.29 Å². The van der Waals surface area contributed by atoms with E-state index in [1.165, 1.54) is 16.6 Å². The number of nitrogens with zero attached hydrogens (tertiary/aromatic N) is 1. The van der Waals surface area contributed by atoms with Gasteiger partial charge in [-0.05, 0) is 18.4 Å². The van der Waals surface area contributed by atoms with Crippen molar-refractivity contribution < 1.29 is 18.3 Å². The molecule has 1 aliphatic rings. The third-order valence-electron chi connectivity index (χ3n) is 3.18. The maximum atomic E-state index is 12.3. The van der Waals surface area contributed by atoms with E-state index < -0.39 is 10.0 Å². The van der Waals surface area contributed by atoms with Crippen LogP contribution in [0.4, 0.5) is 0 Å². The van der Waals surface area contributed by atoms with E-state index in [2.05, 4.69) is 4.98 Å². The second-order valence-corrected chi connectivity index (χ2v) is 6.43. The highest BCUT2D eigenvalue weighted by Gasteiger charge is 2.32. The summed E-state index contributed by atoms with van der Waals surface area (Å²) in [4.78, 5) is 2.95. The molecular weight excluding hydrogens is 256 g/mol. The van der Waals surface area contributed by atoms with Crippen molar-refractivity contribution in [2.24, 2.45) is 5.92 Å². The van der Waals surface area contributed by atoms with Crippen molar-refractivity contribution in [3.63, 3.8) is 0 Å². The van der Waals surface area contributed by atoms with Crippen LogP contribution in [0.1, 0.15) is 12.1 Å². The predicted molar refractivity (Wildman–Crippen MR) is 65.5 cm³/mol. The second-order valence-electron chi connectivity index (χ2n) is 4.49. The summed E-state index contributed by atoms with van der Waals surface area (Å²) in [6.07, 6.45) is 2.24. The highest BCUT2D eigenvalue weighted by Crippen LogP contribution is 2.24. The molecule has 1 unspecified atom stereocenters. The Morgan fingerprint density at radius 3 is 3.00 bits per heavy atom. The number of H-pyrrole nitrogens is 1. The Hall–Kier alpha value is -0.890. The number of nitrogens with one attached hydrogen (secondary N) is 1. The Morgan fingerprint density at radius 2 is 2.39 bits per heavy atom. The second kappa shape index (κ2) is 5.40. The number of aromatic amines is 1. The lowest BCUT2D eigenvalue weighted by Crippen LogP contribution is -2.29. The molecule has 1 aromatic rings. The minimum Gasteiger partial charge on any atom is -0.390 e. The molecule has 2 N–H and O–H groups in total. The molecule has 18 heavy (non-hydrogen) atoms. The van der Waals surface area contributed by atoms with Gasteiger partial charge in [-0.1, -0.05) is 0 Å². The number of hydrogen-bond donors (Lipinski definition) is 2. The lowest BCUT2D eigenvalue weighted by Gasteiger charge is -2.15. The third-order valence-corrected chi connectivity index (χ3v) is 5.02. The van der Waals surface area contributed by atoms with Crippen LogP contribution in [-0.2, 0) is 21.4 Å². The van der Waals surface area contributed by atoms with Gasteiger partial charge in [-0.25, -0.2) is 8.42 Å². The Morgan fingerprint density at radius 1 is 1.61 bits per heavy atom. The van der Waals surface area contributed by atoms with Crippen LogP contribution in [0.5, 0.6) is 0 Å². The van der Waals surface area contributed by atoms with Crippen molar-refractivity contribution in [3.05, 3.63) is 18.0 Å². The minimum absolute atomic E-state index is 0.193. The fraction of sp³-hybridized carbons (Fsp3) is 0.636. The first-order valence-corrected chi connectivity index (χ1v) is 7.29. The Kier molecular flexibility index (Phi) is 4.06. The molecule has 1 saturated heterocycles. The van der Waals surface area contributed by atoms with Gasteiger partial charge in [0, 0.05) is 32.1 Å². The Labute approximate surface area is 107 Å². The van der Waals surface area contributed by atoms with Crippen molar-refractivity contribution in [2.45, 2.75) is 17.9 Å². The quantitative estimate of drug-likeness (QED) is 0.801. The zero-order valence-corrected chi connectivity index (χ0v) is 11.1. The summed E-state index contributed by atoms with van der Waals surface area (Å²) < 4.78 is 31.1. The monoisotopic (exact) mass is 274 g/mol. The van der Waals surface area contributed by atoms with Crippen LogP contribution in [0, 0.1) is 5.92 Å². The Bertz CT molecular complexity index is 497. The summed E-state index contributed by atoms with van der Waals surface area (Å²) in [5, 5.41) is 8.94. The van der Waals surface area contributed by atoms with Gasteiger partial charge in [-0.3, -0.25) is 0 Å². The van der Waals surface area contributed by atoms with Gasteiger partial charge in [0.05, 0.1) is 18.1 Å². The summed E-state index contributed by atoms with van der Waals surface area (Å²) in [5.41, 5.74) is 0.501. The number of methoxy groups -OCH3 is 1. The van der Waals surface area contributed by atoms with Crippen molar-refractivity contribution >= 4 is 10.0 Å². The number of hydrogen-bond acceptors (Lipinski definition) is 4. The normalized spacial score (nSPS) is 21.6. The first kappa shape index (κ1) is 13.5. The van der Waals surface area contributed by atoms with Gasteiger partial charge in [0.25, 0.3) is 0 Å². The van der Waals surface area contributed by atoms with Gasteiger partial charge in [-0.15, -0.1) is 0 Å². The van der Waals surface area contributed by atoms with E-state index in [0.29, 0.717) is 25.4 Å². The van der Waals surface area contributed by atoms with Gasteiger partial charge in [0.2, 0.25) is 10.0 Å². The smallest absolute Gasteiger partial charge is 0.244 e. The molecule has 1 aromatic heterocycles. The molecule has 2 rings (SSSR count). The molecule has 0 aliphatic carbocycles. The maximum absolute atomic E-state index is 12.3. The molecule has 0 spiro atoms. The average molecular weight is 274 g/mol. The van der Waals surface area contributed by atoms with E-state index in [1.54, 1.807) is 7.11 Å². The summed E-state index contributed by atoms with van der Waals surface area (Å²) in [7, 11) is -1.82. The zero-order valence-electron chi connectivity index (χ0n) is 10.3. The van der Waals surface area contributed by atoms with E-state index in [4.69, 9.17) is 9.84 Å². The first-order valence-electron chi connectivity index (χ1n) is 5.85. The lowest BCUT2D eigenvalue weighted by atomic mass is 10.1. The first-order chi connectivity index (χ1) is 8.57. The van der Waals surface area contributed by atoms with Gasteiger partial charge in [-0.2, -0.15) is 4.31 Å². The Balaban J connectivity index is 2.12. The molecule has 0 aromatic carbocycles. The predicted octanol–water partition coefficient (Wildman–Crippen LogP) is 0.164. The molecule has 2 heterocycles. The molecule has 0 radical (unpaired) electrons. The van der Waals surface area contributed by atoms with Gasteiger partial charge < -0.3 is 14.8 Å². The molecule has 6 nitrogen and oxygen atoms in total. The van der Waals surface area contributed by atoms with E-state index >= 15 is 0 Å². The fourth-order valence-electron chi connectivity index (χ4n) is 2.20. The topological polar surface area (TPSA) is 82.6 Å². The van der Waals surface area contributed by atoms with Crippen molar-refractivity contribution in [1.29, 1.82) is 0 Å². The van der Waals surface area contributed by atoms with E-state index in [1.807, 2.05) is 0 Å². The van der Waals surface area contributed by atoms with Crippen molar-refractivity contribution in [2.75, 3.05) is 26.8 Å². The minimum atomic E-state index is -3.44. The molecule has 102 valence electrons. The van der Waals surface area contributed by atoms with Crippen LogP contribution < -0.4 is 0 Å². The van der Waals surface area contributed by atoms with Crippen LogP contribution in [0.15, 0.2) is 17.2 Å². The molecule has 7 heteroatoms. The SMILES string of the molecule is COCC1CCN(S(=O)(=O)c2c[nH]c(CO)c2)C1. The molecule has 0 bridgehead atoms. The number of rotatable bonds is 5. The molecule has 1 atom stereocenters. The van der Waals surface area contributed by atoms with E-state index in [-0.39, 0.29) is 17.4 Å². The third kappa shape index (κ3) is 2.59. The fourth-order valence-corrected chi connectivity index (χ4v) is 3.75. The number of sulfonamides is 1. The number of aliphatic hydroxyl groups is 1. The van der Waals surface area contributed by atoms with Crippen LogP contribution in [0.2, 0.25) is 0 Å². The van der Waals surface area contributed by atoms with Crippen LogP contribution in [0.25, 0.3) is 0 Å². The lowest BCUT2D eigenvalue weighted by molar-refractivity contribution is 0.157. The van der Waals surface area contributed by atoms with Gasteiger partial charge in [0.15, 0.2) is 0 Å². The zero-order chi connectivity index (χ0) is 13.2. The average Bonchev–Trinajstić information content (AvgIpc) is 2.98. The molecular formula is C11H18N2O4S. The van der Waals surface area contributed by atoms with Gasteiger partial charge >= 0.3 is 0 Å². The van der Waals surface area contributed by atoms with Gasteiger partial charge in [0.1, 0.15) is 0 Å². The summed E-state index contributed by atoms with van der Waals surface area (Å²) in [6, 6.07) is 1.47. The molecule has 0 saturated carbocycles. The highest BCUT2D eigenvalue weighted by atomic mass is 32.2. The van der Waals surface area contributed by atoms with E-state index in [9.17, 15) is 8.42 Å². The summed E-state index contributed by atoms with van der Waals surface area (Å²) in [5.74, 6) is 0.265. The molecule has 1 fully saturated rings. The maximum Gasteiger partial charge on any atom is 0.244 e. The molecule has 1 aliphatic heterocycles. The van der Waals surface area contributed by atoms with Crippen LogP contribution in [0.3, 0.4) is 0 Å². The van der Waals surface area contributed by atoms with Crippen LogP contribution >= 0.6 is 0 Å². The largest absolute Gasteiger partial charge is 0.390 e. The number of aromatic nitrogens is 1. The summed E-state index contributed by atoms with van der Waals surface area (Å²) >= 11 is 0.